The topological polar surface area (TPSA) is 99.7 Å². The Bertz CT molecular complexity index is 832. The molecule has 0 saturated heterocycles. The molecular weight excluding hydrogens is 352 g/mol. The molecular formula is C18H22N4O3S. The number of rotatable bonds is 6. The maximum absolute atomic E-state index is 11.6. The summed E-state index contributed by atoms with van der Waals surface area (Å²) in [7, 11) is 0. The van der Waals surface area contributed by atoms with E-state index in [4.69, 9.17) is 0 Å². The fourth-order valence-corrected chi connectivity index (χ4v) is 4.17. The number of carbonyl (C=O) groups is 1. The first-order valence-electron chi connectivity index (χ1n) is 8.46. The number of aliphatic hydroxyl groups excluding tert-OH is 1. The number of nitrogens with one attached hydrogen (secondary N) is 1. The summed E-state index contributed by atoms with van der Waals surface area (Å²) < 4.78 is 1.92. The van der Waals surface area contributed by atoms with Crippen LogP contribution in [-0.2, 0) is 6.54 Å². The zero-order valence-corrected chi connectivity index (χ0v) is 15.5. The van der Waals surface area contributed by atoms with Gasteiger partial charge in [0, 0.05) is 17.2 Å². The smallest absolute Gasteiger partial charge is 0.336 e. The van der Waals surface area contributed by atoms with Gasteiger partial charge < -0.3 is 20.1 Å². The summed E-state index contributed by atoms with van der Waals surface area (Å²) in [5, 5.41) is 22.6. The van der Waals surface area contributed by atoms with Gasteiger partial charge in [0.1, 0.15) is 17.6 Å². The number of anilines is 1. The van der Waals surface area contributed by atoms with Crippen LogP contribution in [-0.4, -0.2) is 44.4 Å². The van der Waals surface area contributed by atoms with Gasteiger partial charge in [-0.15, -0.1) is 11.8 Å². The van der Waals surface area contributed by atoms with Crippen molar-refractivity contribution in [2.24, 2.45) is 4.99 Å². The summed E-state index contributed by atoms with van der Waals surface area (Å²) in [5.74, 6) is 0.749. The normalized spacial score (nSPS) is 16.2. The van der Waals surface area contributed by atoms with Crippen LogP contribution in [0.3, 0.4) is 0 Å². The van der Waals surface area contributed by atoms with E-state index in [9.17, 15) is 15.0 Å². The number of aryl methyl sites for hydroxylation is 1. The van der Waals surface area contributed by atoms with Gasteiger partial charge in [-0.2, -0.15) is 0 Å². The molecule has 0 fully saturated rings. The van der Waals surface area contributed by atoms with Gasteiger partial charge in [-0.1, -0.05) is 26.0 Å². The summed E-state index contributed by atoms with van der Waals surface area (Å²) >= 11 is 1.53. The predicted molar refractivity (Wildman–Crippen MR) is 102 cm³/mol. The van der Waals surface area contributed by atoms with Crippen LogP contribution in [0.5, 0.6) is 0 Å². The molecule has 138 valence electrons. The Morgan fingerprint density at radius 1 is 1.46 bits per heavy atom. The Morgan fingerprint density at radius 2 is 2.27 bits per heavy atom. The van der Waals surface area contributed by atoms with Crippen molar-refractivity contribution in [3.8, 4) is 0 Å². The van der Waals surface area contributed by atoms with Crippen molar-refractivity contribution in [2.45, 2.75) is 37.3 Å². The highest BCUT2D eigenvalue weighted by atomic mass is 32.2. The van der Waals surface area contributed by atoms with Gasteiger partial charge in [0.05, 0.1) is 24.8 Å². The molecule has 1 atom stereocenters. The van der Waals surface area contributed by atoms with Gasteiger partial charge in [-0.05, 0) is 17.5 Å². The highest BCUT2D eigenvalue weighted by Gasteiger charge is 2.20. The number of aliphatic imine (C=N–C) groups is 1. The molecule has 0 spiro atoms. The molecule has 0 saturated carbocycles. The number of imidazole rings is 1. The Balaban J connectivity index is 1.77. The van der Waals surface area contributed by atoms with Crippen LogP contribution in [0.1, 0.15) is 47.5 Å². The van der Waals surface area contributed by atoms with Crippen molar-refractivity contribution >= 4 is 29.9 Å². The number of hydrogen-bond acceptors (Lipinski definition) is 6. The van der Waals surface area contributed by atoms with Crippen molar-refractivity contribution in [1.29, 1.82) is 0 Å². The molecule has 0 radical (unpaired) electrons. The Morgan fingerprint density at radius 3 is 3.00 bits per heavy atom. The van der Waals surface area contributed by atoms with Gasteiger partial charge in [0.2, 0.25) is 0 Å². The van der Waals surface area contributed by atoms with Crippen molar-refractivity contribution < 1.29 is 15.0 Å². The van der Waals surface area contributed by atoms with E-state index in [-0.39, 0.29) is 12.5 Å². The number of benzene rings is 1. The number of nitrogens with zero attached hydrogens (tertiary/aromatic N) is 3. The summed E-state index contributed by atoms with van der Waals surface area (Å²) in [6, 6.07) is 5.43. The van der Waals surface area contributed by atoms with Crippen molar-refractivity contribution in [1.82, 2.24) is 9.55 Å². The van der Waals surface area contributed by atoms with Gasteiger partial charge >= 0.3 is 5.97 Å². The van der Waals surface area contributed by atoms with Crippen LogP contribution in [0.4, 0.5) is 5.82 Å². The molecule has 1 aliphatic rings. The molecule has 26 heavy (non-hydrogen) atoms. The second-order valence-electron chi connectivity index (χ2n) is 6.36. The number of thioether (sulfide) groups is 1. The maximum Gasteiger partial charge on any atom is 0.336 e. The molecule has 1 unspecified atom stereocenters. The van der Waals surface area contributed by atoms with E-state index < -0.39 is 12.1 Å². The third kappa shape index (κ3) is 3.76. The zero-order valence-electron chi connectivity index (χ0n) is 14.7. The molecule has 3 rings (SSSR count). The largest absolute Gasteiger partial charge is 0.478 e. The summed E-state index contributed by atoms with van der Waals surface area (Å²) in [6.45, 7) is 5.04. The molecule has 7 nitrogen and oxygen atoms in total. The number of aromatic carboxylic acids is 1. The van der Waals surface area contributed by atoms with Gasteiger partial charge in [0.15, 0.2) is 0 Å². The quantitative estimate of drug-likeness (QED) is 0.672. The first-order chi connectivity index (χ1) is 12.5. The predicted octanol–water partition coefficient (Wildman–Crippen LogP) is 2.98. The summed E-state index contributed by atoms with van der Waals surface area (Å²) in [6.07, 6.45) is 2.54. The molecule has 2 heterocycles. The average Bonchev–Trinajstić information content (AvgIpc) is 2.91. The minimum Gasteiger partial charge on any atom is -0.478 e. The molecule has 2 aromatic rings. The lowest BCUT2D eigenvalue weighted by atomic mass is 10.0. The first-order valence-corrected chi connectivity index (χ1v) is 9.44. The number of carboxylic acid groups (broad SMARTS) is 1. The highest BCUT2D eigenvalue weighted by molar-refractivity contribution is 7.99. The zero-order chi connectivity index (χ0) is 18.7. The minimum atomic E-state index is -0.910. The van der Waals surface area contributed by atoms with E-state index in [0.717, 1.165) is 16.3 Å². The van der Waals surface area contributed by atoms with E-state index in [1.807, 2.05) is 10.6 Å². The Labute approximate surface area is 156 Å². The van der Waals surface area contributed by atoms with E-state index in [2.05, 4.69) is 29.1 Å². The van der Waals surface area contributed by atoms with Crippen LogP contribution in [0.2, 0.25) is 0 Å². The van der Waals surface area contributed by atoms with Crippen LogP contribution in [0.25, 0.3) is 0 Å². The van der Waals surface area contributed by atoms with E-state index >= 15 is 0 Å². The fraction of sp³-hybridized carbons (Fsp3) is 0.389. The maximum atomic E-state index is 11.6. The molecule has 1 aromatic heterocycles. The molecule has 3 N–H and O–H groups in total. The lowest BCUT2D eigenvalue weighted by molar-refractivity contribution is 0.0693. The molecule has 1 aromatic carbocycles. The van der Waals surface area contributed by atoms with Gasteiger partial charge in [-0.25, -0.2) is 9.78 Å². The highest BCUT2D eigenvalue weighted by Crippen LogP contribution is 2.32. The fourth-order valence-electron chi connectivity index (χ4n) is 2.90. The van der Waals surface area contributed by atoms with Crippen molar-refractivity contribution in [2.75, 3.05) is 17.6 Å². The standard InChI is InChI=1S/C18H22N4O3S/c1-11(2)12-4-3-5-13(18(24)25)16(12)26-7-6-22-10-21-15-14(23)8-19-9-20-17(15)22/h3-5,9-11,14,23H,6-8H2,1-2H3,(H,19,20)(H,24,25). The van der Waals surface area contributed by atoms with Crippen LogP contribution in [0.15, 0.2) is 34.4 Å². The SMILES string of the molecule is CC(C)c1cccc(C(=O)O)c1SCCn1cnc2c1NC=NCC2O. The average molecular weight is 374 g/mol. The monoisotopic (exact) mass is 374 g/mol. The second kappa shape index (κ2) is 7.92. The first kappa shape index (κ1) is 18.5. The van der Waals surface area contributed by atoms with Crippen LogP contribution >= 0.6 is 11.8 Å². The molecule has 0 amide bonds. The van der Waals surface area contributed by atoms with E-state index in [1.54, 1.807) is 24.8 Å². The Hall–Kier alpha value is -2.32. The summed E-state index contributed by atoms with van der Waals surface area (Å²) in [4.78, 5) is 20.7. The minimum absolute atomic E-state index is 0.245. The number of carboxylic acids is 1. The molecule has 1 aliphatic heterocycles. The number of aromatic nitrogens is 2. The van der Waals surface area contributed by atoms with Crippen molar-refractivity contribution in [3.63, 3.8) is 0 Å². The number of aliphatic hydroxyl groups is 1. The van der Waals surface area contributed by atoms with Crippen LogP contribution in [0, 0.1) is 0 Å². The summed E-state index contributed by atoms with van der Waals surface area (Å²) in [5.41, 5.74) is 1.97. The second-order valence-corrected chi connectivity index (χ2v) is 7.46. The van der Waals surface area contributed by atoms with Gasteiger partial charge in [-0.3, -0.25) is 4.99 Å². The van der Waals surface area contributed by atoms with E-state index in [1.165, 1.54) is 11.8 Å². The lowest BCUT2D eigenvalue weighted by Gasteiger charge is -2.15. The van der Waals surface area contributed by atoms with Crippen molar-refractivity contribution in [3.05, 3.63) is 41.3 Å². The third-order valence-corrected chi connectivity index (χ3v) is 5.36. The Kier molecular flexibility index (Phi) is 5.63. The molecule has 0 bridgehead atoms. The van der Waals surface area contributed by atoms with E-state index in [0.29, 0.717) is 23.6 Å². The third-order valence-electron chi connectivity index (χ3n) is 4.23. The van der Waals surface area contributed by atoms with Crippen LogP contribution < -0.4 is 5.32 Å². The molecule has 8 heteroatoms. The van der Waals surface area contributed by atoms with Gasteiger partial charge in [0.25, 0.3) is 0 Å². The molecule has 0 aliphatic carbocycles. The number of fused-ring (bicyclic) bond motifs is 1. The number of hydrogen-bond donors (Lipinski definition) is 3. The lowest BCUT2D eigenvalue weighted by Crippen LogP contribution is -2.08.